The number of hydrogen-bond donors (Lipinski definition) is 2. The quantitative estimate of drug-likeness (QED) is 0.264. The highest BCUT2D eigenvalue weighted by atomic mass is 127. The number of nitrogens with zero attached hydrogens (tertiary/aromatic N) is 4. The Labute approximate surface area is 204 Å². The number of carbonyl (C=O) groups excluding carboxylic acids is 1. The van der Waals surface area contributed by atoms with Crippen LogP contribution >= 0.6 is 35.6 Å². The summed E-state index contributed by atoms with van der Waals surface area (Å²) in [4.78, 5) is 18.5. The second-order valence-corrected chi connectivity index (χ2v) is 7.21. The zero-order valence-corrected chi connectivity index (χ0v) is 20.5. The molecule has 0 atom stereocenters. The second-order valence-electron chi connectivity index (χ2n) is 6.80. The van der Waals surface area contributed by atoms with E-state index in [1.165, 1.54) is 0 Å². The number of nitrogens with one attached hydrogen (secondary N) is 2. The molecule has 0 aliphatic heterocycles. The number of amides is 1. The van der Waals surface area contributed by atoms with Gasteiger partial charge in [-0.25, -0.2) is 0 Å². The molecule has 1 heterocycles. The van der Waals surface area contributed by atoms with Crippen LogP contribution in [0.2, 0.25) is 5.02 Å². The fourth-order valence-electron chi connectivity index (χ4n) is 3.02. The first-order valence-corrected chi connectivity index (χ1v) is 9.94. The average Bonchev–Trinajstić information content (AvgIpc) is 3.23. The first-order chi connectivity index (χ1) is 14.5. The van der Waals surface area contributed by atoms with E-state index < -0.39 is 0 Å². The van der Waals surface area contributed by atoms with Gasteiger partial charge in [0.05, 0.1) is 0 Å². The molecule has 3 rings (SSSR count). The molecule has 0 aliphatic carbocycles. The normalized spacial score (nSPS) is 10.9. The van der Waals surface area contributed by atoms with Crippen molar-refractivity contribution < 1.29 is 4.79 Å². The molecule has 0 saturated carbocycles. The Balaban J connectivity index is 0.00000341. The van der Waals surface area contributed by atoms with Crippen molar-refractivity contribution in [3.8, 4) is 0 Å². The van der Waals surface area contributed by atoms with Gasteiger partial charge in [-0.2, -0.15) is 5.10 Å². The Morgan fingerprint density at radius 3 is 2.71 bits per heavy atom. The summed E-state index contributed by atoms with van der Waals surface area (Å²) in [5.74, 6) is 0.627. The predicted octanol–water partition coefficient (Wildman–Crippen LogP) is 4.00. The molecule has 0 aliphatic rings. The second kappa shape index (κ2) is 12.3. The van der Waals surface area contributed by atoms with E-state index >= 15 is 0 Å². The number of anilines is 1. The summed E-state index contributed by atoms with van der Waals surface area (Å²) in [7, 11) is 3.71. The molecule has 2 N–H and O–H groups in total. The molecule has 1 aromatic heterocycles. The number of aromatic nitrogens is 2. The van der Waals surface area contributed by atoms with E-state index in [0.717, 1.165) is 27.8 Å². The molecule has 3 aromatic rings. The van der Waals surface area contributed by atoms with Crippen LogP contribution in [0.1, 0.15) is 11.1 Å². The summed E-state index contributed by atoms with van der Waals surface area (Å²) in [6, 6.07) is 17.3. The third kappa shape index (κ3) is 7.55. The Morgan fingerprint density at radius 2 is 2.00 bits per heavy atom. The fourth-order valence-corrected chi connectivity index (χ4v) is 3.22. The SMILES string of the molecule is CN=C(NCc1cccc(NC(=O)Cn2cccn2)c1)N(C)Cc1ccccc1Cl.I. The van der Waals surface area contributed by atoms with Gasteiger partial charge < -0.3 is 15.5 Å². The van der Waals surface area contributed by atoms with Gasteiger partial charge in [-0.05, 0) is 35.4 Å². The van der Waals surface area contributed by atoms with Crippen LogP contribution in [0.5, 0.6) is 0 Å². The van der Waals surface area contributed by atoms with Gasteiger partial charge in [0.25, 0.3) is 0 Å². The minimum atomic E-state index is -0.126. The first-order valence-electron chi connectivity index (χ1n) is 9.56. The maximum Gasteiger partial charge on any atom is 0.246 e. The number of guanidine groups is 1. The predicted molar refractivity (Wildman–Crippen MR) is 136 cm³/mol. The van der Waals surface area contributed by atoms with Crippen molar-refractivity contribution in [1.29, 1.82) is 0 Å². The molecule has 31 heavy (non-hydrogen) atoms. The maximum absolute atomic E-state index is 12.2. The summed E-state index contributed by atoms with van der Waals surface area (Å²) in [6.45, 7) is 1.39. The van der Waals surface area contributed by atoms with Crippen LogP contribution in [-0.2, 0) is 24.4 Å². The number of aliphatic imine (C=N–C) groups is 1. The van der Waals surface area contributed by atoms with E-state index in [1.54, 1.807) is 30.2 Å². The van der Waals surface area contributed by atoms with Gasteiger partial charge in [-0.1, -0.05) is 41.9 Å². The first kappa shape index (κ1) is 24.7. The van der Waals surface area contributed by atoms with E-state index in [4.69, 9.17) is 11.6 Å². The van der Waals surface area contributed by atoms with E-state index in [9.17, 15) is 4.79 Å². The number of benzene rings is 2. The molecule has 7 nitrogen and oxygen atoms in total. The zero-order chi connectivity index (χ0) is 21.3. The standard InChI is InChI=1S/C22H25ClN6O.HI/c1-24-22(28(2)15-18-8-3-4-10-20(18)23)25-14-17-7-5-9-19(13-17)27-21(30)16-29-12-6-11-26-29;/h3-13H,14-16H2,1-2H3,(H,24,25)(H,27,30);1H. The highest BCUT2D eigenvalue weighted by Gasteiger charge is 2.09. The van der Waals surface area contributed by atoms with Crippen molar-refractivity contribution in [2.75, 3.05) is 19.4 Å². The van der Waals surface area contributed by atoms with Gasteiger partial charge in [0.2, 0.25) is 5.91 Å². The highest BCUT2D eigenvalue weighted by Crippen LogP contribution is 2.16. The lowest BCUT2D eigenvalue weighted by atomic mass is 10.2. The molecule has 9 heteroatoms. The Bertz CT molecular complexity index is 1010. The van der Waals surface area contributed by atoms with Gasteiger partial charge in [0.15, 0.2) is 5.96 Å². The maximum atomic E-state index is 12.2. The lowest BCUT2D eigenvalue weighted by molar-refractivity contribution is -0.116. The van der Waals surface area contributed by atoms with Gasteiger partial charge in [-0.3, -0.25) is 14.5 Å². The van der Waals surface area contributed by atoms with Crippen molar-refractivity contribution in [3.63, 3.8) is 0 Å². The fraction of sp³-hybridized carbons (Fsp3) is 0.227. The minimum Gasteiger partial charge on any atom is -0.352 e. The molecular weight excluding hydrogens is 527 g/mol. The van der Waals surface area contributed by atoms with Crippen molar-refractivity contribution in [2.24, 2.45) is 4.99 Å². The zero-order valence-electron chi connectivity index (χ0n) is 17.5. The van der Waals surface area contributed by atoms with Crippen LogP contribution in [0.3, 0.4) is 0 Å². The van der Waals surface area contributed by atoms with Gasteiger partial charge >= 0.3 is 0 Å². The van der Waals surface area contributed by atoms with Crippen molar-refractivity contribution in [1.82, 2.24) is 20.0 Å². The number of rotatable bonds is 7. The lowest BCUT2D eigenvalue weighted by Gasteiger charge is -2.22. The smallest absolute Gasteiger partial charge is 0.246 e. The van der Waals surface area contributed by atoms with Gasteiger partial charge in [-0.15, -0.1) is 24.0 Å². The Morgan fingerprint density at radius 1 is 1.19 bits per heavy atom. The third-order valence-corrected chi connectivity index (χ3v) is 4.83. The molecule has 0 spiro atoms. The molecular formula is C22H26ClIN6O. The molecule has 0 fully saturated rings. The Hall–Kier alpha value is -2.59. The van der Waals surface area contributed by atoms with Crippen molar-refractivity contribution >= 4 is 53.1 Å². The van der Waals surface area contributed by atoms with Crippen molar-refractivity contribution in [3.05, 3.63) is 83.1 Å². The number of halogens is 2. The van der Waals surface area contributed by atoms with E-state index in [2.05, 4.69) is 20.7 Å². The van der Waals surface area contributed by atoms with Crippen LogP contribution in [0.15, 0.2) is 72.0 Å². The van der Waals surface area contributed by atoms with Gasteiger partial charge in [0.1, 0.15) is 6.54 Å². The van der Waals surface area contributed by atoms with Crippen LogP contribution < -0.4 is 10.6 Å². The summed E-state index contributed by atoms with van der Waals surface area (Å²) in [5, 5.41) is 11.0. The molecule has 0 radical (unpaired) electrons. The molecule has 0 unspecified atom stereocenters. The van der Waals surface area contributed by atoms with Crippen LogP contribution in [-0.4, -0.2) is 40.6 Å². The summed E-state index contributed by atoms with van der Waals surface area (Å²) in [5.41, 5.74) is 2.80. The molecule has 0 bridgehead atoms. The monoisotopic (exact) mass is 552 g/mol. The molecule has 1 amide bonds. The third-order valence-electron chi connectivity index (χ3n) is 4.46. The number of carbonyl (C=O) groups is 1. The van der Waals surface area contributed by atoms with E-state index in [0.29, 0.717) is 13.1 Å². The number of hydrogen-bond acceptors (Lipinski definition) is 3. The van der Waals surface area contributed by atoms with Crippen LogP contribution in [0.25, 0.3) is 0 Å². The van der Waals surface area contributed by atoms with E-state index in [-0.39, 0.29) is 36.4 Å². The lowest BCUT2D eigenvalue weighted by Crippen LogP contribution is -2.38. The van der Waals surface area contributed by atoms with E-state index in [1.807, 2.05) is 60.5 Å². The largest absolute Gasteiger partial charge is 0.352 e. The topological polar surface area (TPSA) is 74.5 Å². The Kier molecular flexibility index (Phi) is 9.80. The summed E-state index contributed by atoms with van der Waals surface area (Å²) < 4.78 is 1.58. The average molecular weight is 553 g/mol. The van der Waals surface area contributed by atoms with Crippen molar-refractivity contribution in [2.45, 2.75) is 19.6 Å². The molecule has 2 aromatic carbocycles. The summed E-state index contributed by atoms with van der Waals surface area (Å²) >= 11 is 6.27. The van der Waals surface area contributed by atoms with Gasteiger partial charge in [0, 0.05) is 50.3 Å². The van der Waals surface area contributed by atoms with Crippen LogP contribution in [0.4, 0.5) is 5.69 Å². The molecule has 164 valence electrons. The molecule has 0 saturated heterocycles. The summed E-state index contributed by atoms with van der Waals surface area (Å²) in [6.07, 6.45) is 3.40. The highest BCUT2D eigenvalue weighted by molar-refractivity contribution is 14.0. The minimum absolute atomic E-state index is 0. The van der Waals surface area contributed by atoms with Crippen LogP contribution in [0, 0.1) is 0 Å².